The minimum absolute atomic E-state index is 0.212. The van der Waals surface area contributed by atoms with E-state index in [0.717, 1.165) is 5.56 Å². The van der Waals surface area contributed by atoms with E-state index in [1.54, 1.807) is 37.4 Å². The largest absolute Gasteiger partial charge is 0.497 e. The van der Waals surface area contributed by atoms with E-state index in [4.69, 9.17) is 16.3 Å². The second kappa shape index (κ2) is 10.5. The highest BCUT2D eigenvalue weighted by Crippen LogP contribution is 2.12. The lowest BCUT2D eigenvalue weighted by atomic mass is 10.0. The van der Waals surface area contributed by atoms with Crippen molar-refractivity contribution in [3.05, 3.63) is 64.7 Å². The van der Waals surface area contributed by atoms with E-state index in [9.17, 15) is 9.59 Å². The molecular formula is C21H24ClN3O3. The van der Waals surface area contributed by atoms with Crippen LogP contribution in [0.5, 0.6) is 5.75 Å². The van der Waals surface area contributed by atoms with Crippen molar-refractivity contribution >= 4 is 29.6 Å². The van der Waals surface area contributed by atoms with Gasteiger partial charge in [-0.3, -0.25) is 9.59 Å². The Morgan fingerprint density at radius 3 is 2.54 bits per heavy atom. The number of ether oxygens (including phenoxy) is 1. The molecule has 2 rings (SSSR count). The molecule has 0 bridgehead atoms. The van der Waals surface area contributed by atoms with Gasteiger partial charge >= 0.3 is 0 Å². The topological polar surface area (TPSA) is 79.8 Å². The quantitative estimate of drug-likeness (QED) is 0.523. The molecule has 2 aromatic carbocycles. The number of carbonyl (C=O) groups excluding carboxylic acids is 2. The van der Waals surface area contributed by atoms with Crippen LogP contribution in [0.2, 0.25) is 5.02 Å². The highest BCUT2D eigenvalue weighted by atomic mass is 35.5. The molecule has 148 valence electrons. The van der Waals surface area contributed by atoms with Crippen LogP contribution in [0.25, 0.3) is 0 Å². The molecule has 0 spiro atoms. The Morgan fingerprint density at radius 1 is 1.18 bits per heavy atom. The fourth-order valence-corrected chi connectivity index (χ4v) is 2.64. The van der Waals surface area contributed by atoms with Crippen LogP contribution in [-0.4, -0.2) is 31.2 Å². The van der Waals surface area contributed by atoms with E-state index < -0.39 is 6.04 Å². The molecule has 7 heteroatoms. The first kappa shape index (κ1) is 21.4. The molecule has 2 aromatic rings. The highest BCUT2D eigenvalue weighted by molar-refractivity contribution is 6.30. The molecule has 2 N–H and O–H groups in total. The Hall–Kier alpha value is -2.86. The maximum atomic E-state index is 12.5. The number of benzene rings is 2. The number of nitrogens with one attached hydrogen (secondary N) is 2. The molecule has 0 aliphatic rings. The summed E-state index contributed by atoms with van der Waals surface area (Å²) in [6.45, 7) is 3.96. The van der Waals surface area contributed by atoms with Crippen LogP contribution in [0, 0.1) is 5.92 Å². The van der Waals surface area contributed by atoms with E-state index in [1.165, 1.54) is 6.21 Å². The van der Waals surface area contributed by atoms with Gasteiger partial charge in [0.25, 0.3) is 11.8 Å². The summed E-state index contributed by atoms with van der Waals surface area (Å²) in [5, 5.41) is 7.29. The first-order valence-corrected chi connectivity index (χ1v) is 9.30. The number of hydrogen-bond donors (Lipinski definition) is 2. The Kier molecular flexibility index (Phi) is 8.02. The van der Waals surface area contributed by atoms with Gasteiger partial charge in [-0.15, -0.1) is 0 Å². The van der Waals surface area contributed by atoms with E-state index in [1.807, 2.05) is 32.0 Å². The van der Waals surface area contributed by atoms with Crippen LogP contribution in [0.1, 0.15) is 36.2 Å². The fraction of sp³-hybridized carbons (Fsp3) is 0.286. The standard InChI is InChI=1S/C21H24ClN3O3/c1-14(2)11-19(24-20(26)16-7-9-17(22)10-8-16)21(27)25-23-13-15-5-4-6-18(12-15)28-3/h4-10,12-14,19H,11H2,1-3H3,(H,24,26)(H,25,27)/b23-13+. The number of amides is 2. The molecule has 2 amide bonds. The van der Waals surface area contributed by atoms with Gasteiger partial charge in [-0.25, -0.2) is 5.43 Å². The molecular weight excluding hydrogens is 378 g/mol. The van der Waals surface area contributed by atoms with Gasteiger partial charge < -0.3 is 10.1 Å². The number of hydrogen-bond acceptors (Lipinski definition) is 4. The average Bonchev–Trinajstić information content (AvgIpc) is 2.67. The second-order valence-corrected chi connectivity index (χ2v) is 7.11. The van der Waals surface area contributed by atoms with E-state index in [2.05, 4.69) is 15.8 Å². The summed E-state index contributed by atoms with van der Waals surface area (Å²) < 4.78 is 5.15. The number of halogens is 1. The molecule has 6 nitrogen and oxygen atoms in total. The molecule has 1 atom stereocenters. The molecule has 0 aromatic heterocycles. The van der Waals surface area contributed by atoms with Crippen molar-refractivity contribution < 1.29 is 14.3 Å². The highest BCUT2D eigenvalue weighted by Gasteiger charge is 2.22. The smallest absolute Gasteiger partial charge is 0.262 e. The van der Waals surface area contributed by atoms with Gasteiger partial charge in [0, 0.05) is 10.6 Å². The molecule has 0 saturated heterocycles. The Morgan fingerprint density at radius 2 is 1.89 bits per heavy atom. The summed E-state index contributed by atoms with van der Waals surface area (Å²) in [7, 11) is 1.58. The summed E-state index contributed by atoms with van der Waals surface area (Å²) in [5.74, 6) is 0.191. The minimum atomic E-state index is -0.703. The fourth-order valence-electron chi connectivity index (χ4n) is 2.52. The summed E-state index contributed by atoms with van der Waals surface area (Å²) in [4.78, 5) is 25.0. The van der Waals surface area contributed by atoms with Crippen LogP contribution < -0.4 is 15.5 Å². The zero-order valence-corrected chi connectivity index (χ0v) is 16.9. The summed E-state index contributed by atoms with van der Waals surface area (Å²) in [6.07, 6.45) is 2.01. The maximum Gasteiger partial charge on any atom is 0.262 e. The van der Waals surface area contributed by atoms with Crippen molar-refractivity contribution in [3.8, 4) is 5.75 Å². The molecule has 1 unspecified atom stereocenters. The zero-order chi connectivity index (χ0) is 20.5. The van der Waals surface area contributed by atoms with Crippen molar-refractivity contribution in [1.29, 1.82) is 0 Å². The van der Waals surface area contributed by atoms with Crippen LogP contribution in [0.3, 0.4) is 0 Å². The minimum Gasteiger partial charge on any atom is -0.497 e. The lowest BCUT2D eigenvalue weighted by molar-refractivity contribution is -0.123. The Balaban J connectivity index is 2.02. The molecule has 0 aliphatic heterocycles. The van der Waals surface area contributed by atoms with E-state index in [-0.39, 0.29) is 17.7 Å². The number of nitrogens with zero attached hydrogens (tertiary/aromatic N) is 1. The zero-order valence-electron chi connectivity index (χ0n) is 16.1. The lowest BCUT2D eigenvalue weighted by Gasteiger charge is -2.19. The first-order chi connectivity index (χ1) is 13.4. The SMILES string of the molecule is COc1cccc(/C=N/NC(=O)C(CC(C)C)NC(=O)c2ccc(Cl)cc2)c1. The number of hydrazone groups is 1. The van der Waals surface area contributed by atoms with Gasteiger partial charge in [-0.2, -0.15) is 5.10 Å². The van der Waals surface area contributed by atoms with Crippen LogP contribution in [-0.2, 0) is 4.79 Å². The predicted octanol–water partition coefficient (Wildman–Crippen LogP) is 3.64. The summed E-state index contributed by atoms with van der Waals surface area (Å²) in [6, 6.07) is 13.1. The lowest BCUT2D eigenvalue weighted by Crippen LogP contribution is -2.46. The molecule has 0 aliphatic carbocycles. The Bertz CT molecular complexity index is 835. The average molecular weight is 402 g/mol. The maximum absolute atomic E-state index is 12.5. The number of methoxy groups -OCH3 is 1. The molecule has 0 radical (unpaired) electrons. The van der Waals surface area contributed by atoms with Crippen LogP contribution in [0.4, 0.5) is 0 Å². The Labute approximate surface area is 169 Å². The van der Waals surface area contributed by atoms with Gasteiger partial charge in [-0.1, -0.05) is 37.6 Å². The van der Waals surface area contributed by atoms with Crippen molar-refractivity contribution in [2.75, 3.05) is 7.11 Å². The van der Waals surface area contributed by atoms with Crippen molar-refractivity contribution in [2.45, 2.75) is 26.3 Å². The third-order valence-corrected chi connectivity index (χ3v) is 4.17. The van der Waals surface area contributed by atoms with E-state index in [0.29, 0.717) is 22.8 Å². The van der Waals surface area contributed by atoms with Crippen molar-refractivity contribution in [3.63, 3.8) is 0 Å². The molecule has 0 heterocycles. The number of carbonyl (C=O) groups is 2. The van der Waals surface area contributed by atoms with Gasteiger partial charge in [0.05, 0.1) is 13.3 Å². The molecule has 0 fully saturated rings. The normalized spacial score (nSPS) is 12.0. The second-order valence-electron chi connectivity index (χ2n) is 6.67. The monoisotopic (exact) mass is 401 g/mol. The molecule has 0 saturated carbocycles. The van der Waals surface area contributed by atoms with Gasteiger partial charge in [-0.05, 0) is 54.3 Å². The first-order valence-electron chi connectivity index (χ1n) is 8.92. The van der Waals surface area contributed by atoms with Crippen LogP contribution >= 0.6 is 11.6 Å². The third-order valence-electron chi connectivity index (χ3n) is 3.92. The van der Waals surface area contributed by atoms with Crippen LogP contribution in [0.15, 0.2) is 53.6 Å². The molecule has 28 heavy (non-hydrogen) atoms. The van der Waals surface area contributed by atoms with E-state index >= 15 is 0 Å². The third kappa shape index (κ3) is 6.70. The number of rotatable bonds is 8. The summed E-state index contributed by atoms with van der Waals surface area (Å²) in [5.41, 5.74) is 3.71. The van der Waals surface area contributed by atoms with Gasteiger partial charge in [0.2, 0.25) is 0 Å². The van der Waals surface area contributed by atoms with Gasteiger partial charge in [0.1, 0.15) is 11.8 Å². The predicted molar refractivity (Wildman–Crippen MR) is 111 cm³/mol. The van der Waals surface area contributed by atoms with Crippen molar-refractivity contribution in [2.24, 2.45) is 11.0 Å². The van der Waals surface area contributed by atoms with Gasteiger partial charge in [0.15, 0.2) is 0 Å². The summed E-state index contributed by atoms with van der Waals surface area (Å²) >= 11 is 5.85. The van der Waals surface area contributed by atoms with Crippen molar-refractivity contribution in [1.82, 2.24) is 10.7 Å².